The van der Waals surface area contributed by atoms with E-state index >= 15 is 0 Å². The quantitative estimate of drug-likeness (QED) is 0.781. The summed E-state index contributed by atoms with van der Waals surface area (Å²) >= 11 is 0. The van der Waals surface area contributed by atoms with E-state index in [0.717, 1.165) is 44.6 Å². The number of likely N-dealkylation sites (tertiary alicyclic amines) is 1. The molecule has 170 valence electrons. The molecule has 5 rings (SSSR count). The van der Waals surface area contributed by atoms with Gasteiger partial charge in [0.1, 0.15) is 0 Å². The number of hydrogen-bond donors (Lipinski definition) is 1. The van der Waals surface area contributed by atoms with E-state index in [2.05, 4.69) is 53.2 Å². The molecule has 0 radical (unpaired) electrons. The Bertz CT molecular complexity index is 969. The van der Waals surface area contributed by atoms with Crippen LogP contribution in [-0.4, -0.2) is 47.5 Å². The first-order chi connectivity index (χ1) is 15.6. The first-order valence-electron chi connectivity index (χ1n) is 12.3. The van der Waals surface area contributed by atoms with Crippen LogP contribution in [0.25, 0.3) is 0 Å². The highest BCUT2D eigenvalue weighted by Crippen LogP contribution is 2.41. The third kappa shape index (κ3) is 4.03. The van der Waals surface area contributed by atoms with Gasteiger partial charge in [-0.2, -0.15) is 0 Å². The van der Waals surface area contributed by atoms with Crippen LogP contribution in [0, 0.1) is 13.8 Å². The lowest BCUT2D eigenvalue weighted by molar-refractivity contribution is -0.122. The van der Waals surface area contributed by atoms with Crippen LogP contribution >= 0.6 is 0 Å². The zero-order valence-corrected chi connectivity index (χ0v) is 19.6. The van der Waals surface area contributed by atoms with Gasteiger partial charge < -0.3 is 10.2 Å². The first kappa shape index (κ1) is 21.4. The van der Waals surface area contributed by atoms with Crippen molar-refractivity contribution in [2.45, 2.75) is 70.4 Å². The second-order valence-electron chi connectivity index (χ2n) is 10.1. The smallest absolute Gasteiger partial charge is 0.220 e. The Balaban J connectivity index is 1.41. The molecule has 0 aliphatic carbocycles. The lowest BCUT2D eigenvalue weighted by Crippen LogP contribution is -2.52. The molecule has 32 heavy (non-hydrogen) atoms. The molecule has 3 fully saturated rings. The van der Waals surface area contributed by atoms with Crippen molar-refractivity contribution in [1.82, 2.24) is 15.2 Å². The van der Waals surface area contributed by atoms with Crippen LogP contribution in [0.5, 0.6) is 0 Å². The van der Waals surface area contributed by atoms with Crippen LogP contribution in [0.3, 0.4) is 0 Å². The van der Waals surface area contributed by atoms with Crippen molar-refractivity contribution in [3.8, 4) is 0 Å². The molecule has 3 aliphatic heterocycles. The number of nitrogens with one attached hydrogen (secondary N) is 1. The summed E-state index contributed by atoms with van der Waals surface area (Å²) in [5.41, 5.74) is 6.54. The Morgan fingerprint density at radius 2 is 1.91 bits per heavy atom. The van der Waals surface area contributed by atoms with Crippen molar-refractivity contribution < 1.29 is 4.79 Å². The Hall–Kier alpha value is -2.40. The molecule has 2 atom stereocenters. The van der Waals surface area contributed by atoms with Gasteiger partial charge in [0.2, 0.25) is 5.91 Å². The van der Waals surface area contributed by atoms with Gasteiger partial charge in [-0.3, -0.25) is 14.7 Å². The van der Waals surface area contributed by atoms with Crippen LogP contribution in [0.4, 0.5) is 5.69 Å². The van der Waals surface area contributed by atoms with Gasteiger partial charge in [-0.05, 0) is 74.4 Å². The van der Waals surface area contributed by atoms with E-state index in [0.29, 0.717) is 6.42 Å². The molecule has 1 N–H and O–H groups in total. The van der Waals surface area contributed by atoms with Gasteiger partial charge >= 0.3 is 0 Å². The second-order valence-corrected chi connectivity index (χ2v) is 10.1. The molecule has 0 saturated carbocycles. The van der Waals surface area contributed by atoms with Gasteiger partial charge in [-0.1, -0.05) is 18.6 Å². The summed E-state index contributed by atoms with van der Waals surface area (Å²) < 4.78 is 0. The largest absolute Gasteiger partial charge is 0.371 e. The highest BCUT2D eigenvalue weighted by atomic mass is 16.1. The standard InChI is InChI=1S/C27H36N4O/c1-20-21(2)25(31-15-7-8-16-31)12-11-22(20)17-30-18-23(24-9-4-6-14-28-24)27(19-30)13-5-3-10-26(32)29-27/h4,6,9,11-12,14,23H,3,5,7-8,10,13,15-19H2,1-2H3,(H,29,32)/t23-,27+/m0/s1. The lowest BCUT2D eigenvalue weighted by atomic mass is 9.81. The summed E-state index contributed by atoms with van der Waals surface area (Å²) in [6.07, 6.45) is 8.25. The van der Waals surface area contributed by atoms with E-state index < -0.39 is 0 Å². The molecule has 1 amide bonds. The summed E-state index contributed by atoms with van der Waals surface area (Å²) in [4.78, 5) is 22.4. The number of aromatic nitrogens is 1. The van der Waals surface area contributed by atoms with Crippen molar-refractivity contribution in [2.75, 3.05) is 31.1 Å². The molecule has 3 aliphatic rings. The zero-order valence-electron chi connectivity index (χ0n) is 19.6. The summed E-state index contributed by atoms with van der Waals surface area (Å²) in [6.45, 7) is 9.67. The SMILES string of the molecule is Cc1c(CN2C[C@@H](c3ccccn3)[C@@]3(CCCCC(=O)N3)C2)ccc(N2CCCC2)c1C. The molecule has 0 unspecified atom stereocenters. The predicted octanol–water partition coefficient (Wildman–Crippen LogP) is 4.33. The van der Waals surface area contributed by atoms with Gasteiger partial charge in [-0.15, -0.1) is 0 Å². The maximum Gasteiger partial charge on any atom is 0.220 e. The Labute approximate surface area is 192 Å². The van der Waals surface area contributed by atoms with Crippen molar-refractivity contribution in [1.29, 1.82) is 0 Å². The number of carbonyl (C=O) groups excluding carboxylic acids is 1. The molecule has 2 aromatic rings. The number of carbonyl (C=O) groups is 1. The van der Waals surface area contributed by atoms with E-state index in [-0.39, 0.29) is 17.4 Å². The molecule has 5 nitrogen and oxygen atoms in total. The van der Waals surface area contributed by atoms with Crippen molar-refractivity contribution >= 4 is 11.6 Å². The molecule has 3 saturated heterocycles. The second kappa shape index (κ2) is 8.86. The van der Waals surface area contributed by atoms with Gasteiger partial charge in [0.05, 0.1) is 5.54 Å². The summed E-state index contributed by atoms with van der Waals surface area (Å²) in [5.74, 6) is 0.434. The first-order valence-corrected chi connectivity index (χ1v) is 12.3. The van der Waals surface area contributed by atoms with E-state index in [1.165, 1.54) is 48.3 Å². The third-order valence-electron chi connectivity index (χ3n) is 8.03. The minimum atomic E-state index is -0.208. The molecule has 4 heterocycles. The Morgan fingerprint density at radius 3 is 2.69 bits per heavy atom. The van der Waals surface area contributed by atoms with Gasteiger partial charge in [0, 0.05) is 62.6 Å². The van der Waals surface area contributed by atoms with E-state index in [9.17, 15) is 4.79 Å². The third-order valence-corrected chi connectivity index (χ3v) is 8.03. The minimum Gasteiger partial charge on any atom is -0.371 e. The van der Waals surface area contributed by atoms with Gasteiger partial charge in [-0.25, -0.2) is 0 Å². The molecule has 1 aromatic heterocycles. The van der Waals surface area contributed by atoms with Crippen molar-refractivity contribution in [3.63, 3.8) is 0 Å². The summed E-state index contributed by atoms with van der Waals surface area (Å²) in [7, 11) is 0. The molecule has 1 spiro atoms. The molecule has 1 aromatic carbocycles. The Morgan fingerprint density at radius 1 is 1.06 bits per heavy atom. The average molecular weight is 433 g/mol. The molecule has 0 bridgehead atoms. The normalized spacial score (nSPS) is 26.5. The maximum absolute atomic E-state index is 12.6. The highest BCUT2D eigenvalue weighted by molar-refractivity contribution is 5.77. The van der Waals surface area contributed by atoms with Crippen LogP contribution < -0.4 is 10.2 Å². The van der Waals surface area contributed by atoms with Crippen LogP contribution in [0.15, 0.2) is 36.5 Å². The number of benzene rings is 1. The van der Waals surface area contributed by atoms with Crippen LogP contribution in [-0.2, 0) is 11.3 Å². The van der Waals surface area contributed by atoms with Crippen LogP contribution in [0.2, 0.25) is 0 Å². The average Bonchev–Trinajstić information content (AvgIpc) is 3.39. The van der Waals surface area contributed by atoms with Gasteiger partial charge in [0.15, 0.2) is 0 Å². The summed E-state index contributed by atoms with van der Waals surface area (Å²) in [5, 5.41) is 3.46. The number of nitrogens with zero attached hydrogens (tertiary/aromatic N) is 3. The van der Waals surface area contributed by atoms with E-state index in [4.69, 9.17) is 4.98 Å². The van der Waals surface area contributed by atoms with Crippen molar-refractivity contribution in [2.24, 2.45) is 0 Å². The molecular formula is C27H36N4O. The molecule has 5 heteroatoms. The monoisotopic (exact) mass is 432 g/mol. The van der Waals surface area contributed by atoms with E-state index in [1.807, 2.05) is 12.3 Å². The highest BCUT2D eigenvalue weighted by Gasteiger charge is 2.49. The number of hydrogen-bond acceptors (Lipinski definition) is 4. The number of amides is 1. The summed E-state index contributed by atoms with van der Waals surface area (Å²) in [6, 6.07) is 10.8. The Kier molecular flexibility index (Phi) is 5.93. The van der Waals surface area contributed by atoms with Gasteiger partial charge in [0.25, 0.3) is 0 Å². The van der Waals surface area contributed by atoms with Crippen molar-refractivity contribution in [3.05, 3.63) is 58.9 Å². The van der Waals surface area contributed by atoms with E-state index in [1.54, 1.807) is 0 Å². The number of rotatable bonds is 4. The topological polar surface area (TPSA) is 48.5 Å². The lowest BCUT2D eigenvalue weighted by Gasteiger charge is -2.34. The fourth-order valence-corrected chi connectivity index (χ4v) is 6.17. The fourth-order valence-electron chi connectivity index (χ4n) is 6.17. The predicted molar refractivity (Wildman–Crippen MR) is 129 cm³/mol. The number of anilines is 1. The number of pyridine rings is 1. The minimum absolute atomic E-state index is 0.201. The van der Waals surface area contributed by atoms with Crippen LogP contribution in [0.1, 0.15) is 66.8 Å². The molecular weight excluding hydrogens is 396 g/mol. The fraction of sp³-hybridized carbons (Fsp3) is 0.556. The zero-order chi connectivity index (χ0) is 22.1. The maximum atomic E-state index is 12.6.